The van der Waals surface area contributed by atoms with E-state index in [9.17, 15) is 0 Å². The van der Waals surface area contributed by atoms with Crippen LogP contribution in [-0.4, -0.2) is 24.7 Å². The average Bonchev–Trinajstić information content (AvgIpc) is 3.28. The molecule has 26 heavy (non-hydrogen) atoms. The summed E-state index contributed by atoms with van der Waals surface area (Å²) in [7, 11) is 0. The molecule has 4 heteroatoms. The zero-order valence-corrected chi connectivity index (χ0v) is 15.0. The highest BCUT2D eigenvalue weighted by Crippen LogP contribution is 2.26. The van der Waals surface area contributed by atoms with Gasteiger partial charge in [-0.15, -0.1) is 0 Å². The molecular formula is C22H24N2O2. The quantitative estimate of drug-likeness (QED) is 0.449. The summed E-state index contributed by atoms with van der Waals surface area (Å²) < 4.78 is 11.3. The van der Waals surface area contributed by atoms with Crippen LogP contribution in [0.3, 0.4) is 0 Å². The molecule has 0 atom stereocenters. The maximum atomic E-state index is 5.84. The van der Waals surface area contributed by atoms with Crippen LogP contribution >= 0.6 is 0 Å². The highest BCUT2D eigenvalue weighted by Gasteiger charge is 2.05. The molecule has 134 valence electrons. The fraction of sp³-hybridized carbons (Fsp3) is 0.273. The van der Waals surface area contributed by atoms with E-state index >= 15 is 0 Å². The number of furan rings is 1. The normalized spacial score (nSPS) is 11.4. The van der Waals surface area contributed by atoms with Gasteiger partial charge in [0.25, 0.3) is 0 Å². The van der Waals surface area contributed by atoms with Crippen molar-refractivity contribution in [3.05, 3.63) is 66.1 Å². The highest BCUT2D eigenvalue weighted by atomic mass is 16.5. The Hall–Kier alpha value is -2.72. The lowest BCUT2D eigenvalue weighted by Crippen LogP contribution is -2.22. The molecule has 0 amide bonds. The Morgan fingerprint density at radius 3 is 3.04 bits per heavy atom. The van der Waals surface area contributed by atoms with Crippen molar-refractivity contribution >= 4 is 21.9 Å². The first-order valence-corrected chi connectivity index (χ1v) is 9.17. The third-order valence-electron chi connectivity index (χ3n) is 4.70. The Morgan fingerprint density at radius 1 is 1.12 bits per heavy atom. The van der Waals surface area contributed by atoms with E-state index in [1.807, 2.05) is 24.3 Å². The summed E-state index contributed by atoms with van der Waals surface area (Å²) >= 11 is 0. The smallest absolute Gasteiger partial charge is 0.175 e. The minimum Gasteiger partial charge on any atom is -0.488 e. The SMILES string of the molecule is Cc1ccc2[nH]cc(CCCNCCOc3cccc4ccoc34)c2c1. The second kappa shape index (κ2) is 7.67. The molecule has 0 aliphatic heterocycles. The second-order valence-corrected chi connectivity index (χ2v) is 6.66. The van der Waals surface area contributed by atoms with Crippen LogP contribution in [0.4, 0.5) is 0 Å². The fourth-order valence-corrected chi connectivity index (χ4v) is 3.34. The number of rotatable bonds is 8. The Bertz CT molecular complexity index is 1000. The van der Waals surface area contributed by atoms with E-state index in [0.717, 1.165) is 42.6 Å². The number of nitrogens with one attached hydrogen (secondary N) is 2. The minimum atomic E-state index is 0.631. The van der Waals surface area contributed by atoms with Crippen LogP contribution in [0.1, 0.15) is 17.5 Å². The molecular weight excluding hydrogens is 324 g/mol. The van der Waals surface area contributed by atoms with E-state index in [2.05, 4.69) is 41.6 Å². The molecule has 0 fully saturated rings. The van der Waals surface area contributed by atoms with Gasteiger partial charge in [-0.2, -0.15) is 0 Å². The zero-order valence-electron chi connectivity index (χ0n) is 15.0. The van der Waals surface area contributed by atoms with Crippen molar-refractivity contribution in [3.63, 3.8) is 0 Å². The predicted molar refractivity (Wildman–Crippen MR) is 106 cm³/mol. The Balaban J connectivity index is 1.20. The van der Waals surface area contributed by atoms with Gasteiger partial charge in [0.2, 0.25) is 0 Å². The molecule has 0 bridgehead atoms. The van der Waals surface area contributed by atoms with E-state index in [1.165, 1.54) is 22.0 Å². The number of hydrogen-bond donors (Lipinski definition) is 2. The maximum absolute atomic E-state index is 5.84. The molecule has 2 heterocycles. The summed E-state index contributed by atoms with van der Waals surface area (Å²) in [6.07, 6.45) is 6.01. The lowest BCUT2D eigenvalue weighted by molar-refractivity contribution is 0.313. The Kier molecular flexibility index (Phi) is 4.93. The topological polar surface area (TPSA) is 50.2 Å². The Morgan fingerprint density at radius 2 is 2.08 bits per heavy atom. The molecule has 2 aromatic heterocycles. The molecule has 0 saturated heterocycles. The van der Waals surface area contributed by atoms with E-state index in [4.69, 9.17) is 9.15 Å². The number of aromatic amines is 1. The molecule has 0 spiro atoms. The third-order valence-corrected chi connectivity index (χ3v) is 4.70. The van der Waals surface area contributed by atoms with Gasteiger partial charge in [0, 0.05) is 29.0 Å². The lowest BCUT2D eigenvalue weighted by Gasteiger charge is -2.08. The van der Waals surface area contributed by atoms with Crippen molar-refractivity contribution in [3.8, 4) is 5.75 Å². The van der Waals surface area contributed by atoms with Gasteiger partial charge in [0.15, 0.2) is 11.3 Å². The number of para-hydroxylation sites is 1. The van der Waals surface area contributed by atoms with Crippen LogP contribution in [0.2, 0.25) is 0 Å². The van der Waals surface area contributed by atoms with Crippen LogP contribution in [0.5, 0.6) is 5.75 Å². The summed E-state index contributed by atoms with van der Waals surface area (Å²) in [5.41, 5.74) is 4.74. The minimum absolute atomic E-state index is 0.631. The number of aromatic nitrogens is 1. The van der Waals surface area contributed by atoms with Gasteiger partial charge in [-0.25, -0.2) is 0 Å². The molecule has 0 saturated carbocycles. The Labute approximate surface area is 153 Å². The van der Waals surface area contributed by atoms with Crippen molar-refractivity contribution in [2.75, 3.05) is 19.7 Å². The van der Waals surface area contributed by atoms with E-state index in [-0.39, 0.29) is 0 Å². The van der Waals surface area contributed by atoms with E-state index in [1.54, 1.807) is 6.26 Å². The maximum Gasteiger partial charge on any atom is 0.175 e. The van der Waals surface area contributed by atoms with Crippen LogP contribution in [-0.2, 0) is 6.42 Å². The molecule has 2 aromatic carbocycles. The van der Waals surface area contributed by atoms with Crippen molar-refractivity contribution in [1.82, 2.24) is 10.3 Å². The van der Waals surface area contributed by atoms with Gasteiger partial charge < -0.3 is 19.5 Å². The molecule has 4 rings (SSSR count). The van der Waals surface area contributed by atoms with Gasteiger partial charge in [-0.05, 0) is 56.1 Å². The van der Waals surface area contributed by atoms with Crippen molar-refractivity contribution in [2.45, 2.75) is 19.8 Å². The first-order chi connectivity index (χ1) is 12.8. The summed E-state index contributed by atoms with van der Waals surface area (Å²) in [5.74, 6) is 0.809. The van der Waals surface area contributed by atoms with E-state index in [0.29, 0.717) is 6.61 Å². The number of fused-ring (bicyclic) bond motifs is 2. The molecule has 4 aromatic rings. The molecule has 4 nitrogen and oxygen atoms in total. The van der Waals surface area contributed by atoms with Crippen molar-refractivity contribution < 1.29 is 9.15 Å². The number of H-pyrrole nitrogens is 1. The van der Waals surface area contributed by atoms with Gasteiger partial charge in [-0.3, -0.25) is 0 Å². The molecule has 0 radical (unpaired) electrons. The average molecular weight is 348 g/mol. The first-order valence-electron chi connectivity index (χ1n) is 9.17. The van der Waals surface area contributed by atoms with Gasteiger partial charge in [0.1, 0.15) is 6.61 Å². The van der Waals surface area contributed by atoms with Crippen molar-refractivity contribution in [1.29, 1.82) is 0 Å². The zero-order chi connectivity index (χ0) is 17.8. The number of aryl methyl sites for hydroxylation is 2. The summed E-state index contributed by atoms with van der Waals surface area (Å²) in [6.45, 7) is 4.57. The van der Waals surface area contributed by atoms with Gasteiger partial charge >= 0.3 is 0 Å². The van der Waals surface area contributed by atoms with Crippen molar-refractivity contribution in [2.24, 2.45) is 0 Å². The second-order valence-electron chi connectivity index (χ2n) is 6.66. The lowest BCUT2D eigenvalue weighted by atomic mass is 10.1. The molecule has 0 aliphatic carbocycles. The van der Waals surface area contributed by atoms with E-state index < -0.39 is 0 Å². The van der Waals surface area contributed by atoms with Crippen LogP contribution in [0.25, 0.3) is 21.9 Å². The highest BCUT2D eigenvalue weighted by molar-refractivity contribution is 5.84. The third kappa shape index (κ3) is 3.60. The number of benzene rings is 2. The standard InChI is InChI=1S/C22H24N2O2/c1-16-7-8-20-19(14-16)18(15-24-20)5-3-10-23-11-13-25-21-6-2-4-17-9-12-26-22(17)21/h2,4,6-9,12,14-15,23-24H,3,5,10-11,13H2,1H3. The summed E-state index contributed by atoms with van der Waals surface area (Å²) in [4.78, 5) is 3.36. The molecule has 0 aliphatic rings. The van der Waals surface area contributed by atoms with Gasteiger partial charge in [0.05, 0.1) is 6.26 Å². The first kappa shape index (κ1) is 16.7. The monoisotopic (exact) mass is 348 g/mol. The summed E-state index contributed by atoms with van der Waals surface area (Å²) in [6, 6.07) is 14.5. The van der Waals surface area contributed by atoms with Crippen LogP contribution in [0.15, 0.2) is 59.3 Å². The largest absolute Gasteiger partial charge is 0.488 e. The molecule has 2 N–H and O–H groups in total. The molecule has 0 unspecified atom stereocenters. The number of hydrogen-bond acceptors (Lipinski definition) is 3. The predicted octanol–water partition coefficient (Wildman–Crippen LogP) is 4.82. The number of ether oxygens (including phenoxy) is 1. The van der Waals surface area contributed by atoms with Crippen LogP contribution in [0, 0.1) is 6.92 Å². The fourth-order valence-electron chi connectivity index (χ4n) is 3.34. The summed E-state index contributed by atoms with van der Waals surface area (Å²) in [5, 5.41) is 5.87. The van der Waals surface area contributed by atoms with Gasteiger partial charge in [-0.1, -0.05) is 23.8 Å². The van der Waals surface area contributed by atoms with Crippen LogP contribution < -0.4 is 10.1 Å².